The van der Waals surface area contributed by atoms with Gasteiger partial charge in [-0.2, -0.15) is 5.10 Å². The van der Waals surface area contributed by atoms with Gasteiger partial charge in [-0.1, -0.05) is 30.3 Å². The summed E-state index contributed by atoms with van der Waals surface area (Å²) in [6.45, 7) is 0. The molecule has 0 aliphatic rings. The molecule has 0 spiro atoms. The van der Waals surface area contributed by atoms with Crippen molar-refractivity contribution in [2.24, 2.45) is 5.10 Å². The number of aromatic hydroxyl groups is 1. The average Bonchev–Trinajstić information content (AvgIpc) is 2.81. The second-order valence-electron chi connectivity index (χ2n) is 7.27. The minimum absolute atomic E-state index is 0.0545. The number of nitrogens with one attached hydrogen (secondary N) is 2. The molecule has 0 radical (unpaired) electrons. The van der Waals surface area contributed by atoms with E-state index in [9.17, 15) is 14.7 Å². The van der Waals surface area contributed by atoms with Crippen LogP contribution in [-0.2, 0) is 4.79 Å². The van der Waals surface area contributed by atoms with Crippen LogP contribution in [0.3, 0.4) is 0 Å². The number of rotatable bonds is 7. The highest BCUT2D eigenvalue weighted by molar-refractivity contribution is 14.1. The van der Waals surface area contributed by atoms with Gasteiger partial charge in [-0.3, -0.25) is 9.59 Å². The van der Waals surface area contributed by atoms with Crippen molar-refractivity contribution < 1.29 is 14.7 Å². The first-order valence-corrected chi connectivity index (χ1v) is 11.1. The minimum atomic E-state index is -0.569. The predicted octanol–water partition coefficient (Wildman–Crippen LogP) is 3.98. The van der Waals surface area contributed by atoms with Gasteiger partial charge in [0.05, 0.1) is 9.78 Å². The average molecular weight is 554 g/mol. The summed E-state index contributed by atoms with van der Waals surface area (Å²) in [7, 11) is 3.88. The molecule has 2 amide bonds. The summed E-state index contributed by atoms with van der Waals surface area (Å²) in [4.78, 5) is 27.5. The quantitative estimate of drug-likeness (QED) is 0.178. The fraction of sp³-hybridized carbons (Fsp3) is 0.0800. The molecule has 3 aromatic rings. The lowest BCUT2D eigenvalue weighted by Gasteiger charge is -2.12. The maximum Gasteiger partial charge on any atom is 0.287 e. The number of phenolic OH excluding ortho intramolecular Hbond substituents is 1. The molecule has 8 heteroatoms. The van der Waals surface area contributed by atoms with E-state index in [1.807, 2.05) is 71.9 Å². The summed E-state index contributed by atoms with van der Waals surface area (Å²) in [5.41, 5.74) is 5.40. The third kappa shape index (κ3) is 6.91. The summed E-state index contributed by atoms with van der Waals surface area (Å²) in [5.74, 6) is -0.800. The van der Waals surface area contributed by atoms with Gasteiger partial charge in [0.25, 0.3) is 11.8 Å². The van der Waals surface area contributed by atoms with E-state index in [1.54, 1.807) is 48.5 Å². The number of hydrazone groups is 1. The van der Waals surface area contributed by atoms with E-state index in [-0.39, 0.29) is 11.4 Å². The zero-order valence-electron chi connectivity index (χ0n) is 18.1. The predicted molar refractivity (Wildman–Crippen MR) is 139 cm³/mol. The first-order chi connectivity index (χ1) is 15.8. The number of phenols is 1. The summed E-state index contributed by atoms with van der Waals surface area (Å²) in [6.07, 6.45) is 3.05. The van der Waals surface area contributed by atoms with Gasteiger partial charge in [0.1, 0.15) is 11.4 Å². The van der Waals surface area contributed by atoms with Gasteiger partial charge in [0.2, 0.25) is 0 Å². The molecule has 3 rings (SSSR count). The highest BCUT2D eigenvalue weighted by Crippen LogP contribution is 2.19. The van der Waals surface area contributed by atoms with Crippen molar-refractivity contribution in [1.29, 1.82) is 0 Å². The molecule has 0 aliphatic heterocycles. The number of amides is 2. The second-order valence-corrected chi connectivity index (χ2v) is 8.44. The van der Waals surface area contributed by atoms with Crippen molar-refractivity contribution in [3.63, 3.8) is 0 Å². The summed E-state index contributed by atoms with van der Waals surface area (Å²) in [6, 6.07) is 21.2. The molecule has 0 aromatic heterocycles. The fourth-order valence-corrected chi connectivity index (χ4v) is 3.35. The van der Waals surface area contributed by atoms with Crippen molar-refractivity contribution in [2.75, 3.05) is 19.0 Å². The molecular formula is C25H23IN4O3. The Kier molecular flexibility index (Phi) is 8.20. The molecule has 0 saturated carbocycles. The van der Waals surface area contributed by atoms with Crippen molar-refractivity contribution in [2.45, 2.75) is 0 Å². The molecule has 3 aromatic carbocycles. The number of anilines is 1. The SMILES string of the molecule is CN(C)c1ccc(C=C(NC(=O)c2ccccc2)C(=O)NN=Cc2ccc(O)c(I)c2)cc1. The van der Waals surface area contributed by atoms with E-state index in [1.165, 1.54) is 6.21 Å². The minimum Gasteiger partial charge on any atom is -0.507 e. The lowest BCUT2D eigenvalue weighted by molar-refractivity contribution is -0.117. The summed E-state index contributed by atoms with van der Waals surface area (Å²) >= 11 is 2.00. The zero-order valence-corrected chi connectivity index (χ0v) is 20.3. The topological polar surface area (TPSA) is 94.0 Å². The molecule has 33 heavy (non-hydrogen) atoms. The maximum atomic E-state index is 12.8. The third-order valence-corrected chi connectivity index (χ3v) is 5.46. The van der Waals surface area contributed by atoms with Gasteiger partial charge < -0.3 is 15.3 Å². The van der Waals surface area contributed by atoms with Crippen LogP contribution in [0.5, 0.6) is 5.75 Å². The highest BCUT2D eigenvalue weighted by Gasteiger charge is 2.14. The Balaban J connectivity index is 1.81. The molecule has 0 heterocycles. The monoisotopic (exact) mass is 554 g/mol. The molecule has 0 saturated heterocycles. The van der Waals surface area contributed by atoms with Crippen LogP contribution >= 0.6 is 22.6 Å². The van der Waals surface area contributed by atoms with E-state index < -0.39 is 11.8 Å². The standard InChI is InChI=1S/C25H23IN4O3/c1-30(2)20-11-8-17(9-12-20)15-22(28-24(32)19-6-4-3-5-7-19)25(33)29-27-16-18-10-13-23(31)21(26)14-18/h3-16,31H,1-2H3,(H,28,32)(H,29,33). The second kappa shape index (κ2) is 11.3. The van der Waals surface area contributed by atoms with Gasteiger partial charge >= 0.3 is 0 Å². The van der Waals surface area contributed by atoms with Crippen LogP contribution in [0.15, 0.2) is 83.6 Å². The van der Waals surface area contributed by atoms with Crippen molar-refractivity contribution in [3.05, 3.63) is 98.8 Å². The number of carbonyl (C=O) groups is 2. The van der Waals surface area contributed by atoms with Crippen LogP contribution in [0.25, 0.3) is 6.08 Å². The summed E-state index contributed by atoms with van der Waals surface area (Å²) in [5, 5.41) is 16.3. The molecule has 0 bridgehead atoms. The van der Waals surface area contributed by atoms with Crippen molar-refractivity contribution in [3.8, 4) is 5.75 Å². The number of hydrogen-bond donors (Lipinski definition) is 3. The maximum absolute atomic E-state index is 12.8. The lowest BCUT2D eigenvalue weighted by atomic mass is 10.1. The Labute approximate surface area is 206 Å². The van der Waals surface area contributed by atoms with E-state index in [0.717, 1.165) is 11.3 Å². The molecule has 0 aliphatic carbocycles. The summed E-state index contributed by atoms with van der Waals surface area (Å²) < 4.78 is 0.666. The Bertz CT molecular complexity index is 1190. The molecular weight excluding hydrogens is 531 g/mol. The Morgan fingerprint density at radius 1 is 0.970 bits per heavy atom. The van der Waals surface area contributed by atoms with Crippen molar-refractivity contribution >= 4 is 52.4 Å². The molecule has 0 unspecified atom stereocenters. The van der Waals surface area contributed by atoms with E-state index in [4.69, 9.17) is 0 Å². The van der Waals surface area contributed by atoms with E-state index >= 15 is 0 Å². The molecule has 0 fully saturated rings. The van der Waals surface area contributed by atoms with Crippen LogP contribution in [-0.4, -0.2) is 37.2 Å². The van der Waals surface area contributed by atoms with E-state index in [2.05, 4.69) is 15.8 Å². The fourth-order valence-electron chi connectivity index (χ4n) is 2.81. The van der Waals surface area contributed by atoms with Crippen LogP contribution in [0, 0.1) is 3.57 Å². The zero-order chi connectivity index (χ0) is 23.8. The normalized spacial score (nSPS) is 11.3. The molecule has 0 atom stereocenters. The van der Waals surface area contributed by atoms with E-state index in [0.29, 0.717) is 14.7 Å². The van der Waals surface area contributed by atoms with Gasteiger partial charge in [0, 0.05) is 25.3 Å². The van der Waals surface area contributed by atoms with Gasteiger partial charge in [-0.15, -0.1) is 0 Å². The number of hydrogen-bond acceptors (Lipinski definition) is 5. The molecule has 7 nitrogen and oxygen atoms in total. The lowest BCUT2D eigenvalue weighted by Crippen LogP contribution is -2.32. The van der Waals surface area contributed by atoms with Gasteiger partial charge in [0.15, 0.2) is 0 Å². The molecule has 168 valence electrons. The first kappa shape index (κ1) is 24.0. The van der Waals surface area contributed by atoms with Gasteiger partial charge in [-0.25, -0.2) is 5.43 Å². The van der Waals surface area contributed by atoms with Crippen LogP contribution in [0.2, 0.25) is 0 Å². The van der Waals surface area contributed by atoms with Crippen LogP contribution < -0.4 is 15.6 Å². The van der Waals surface area contributed by atoms with Crippen molar-refractivity contribution in [1.82, 2.24) is 10.7 Å². The number of benzene rings is 3. The van der Waals surface area contributed by atoms with Gasteiger partial charge in [-0.05, 0) is 82.3 Å². The van der Waals surface area contributed by atoms with Crippen LogP contribution in [0.1, 0.15) is 21.5 Å². The Hall–Kier alpha value is -3.66. The highest BCUT2D eigenvalue weighted by atomic mass is 127. The Morgan fingerprint density at radius 2 is 1.64 bits per heavy atom. The number of nitrogens with zero attached hydrogens (tertiary/aromatic N) is 2. The Morgan fingerprint density at radius 3 is 2.27 bits per heavy atom. The smallest absolute Gasteiger partial charge is 0.287 e. The molecule has 3 N–H and O–H groups in total. The number of carbonyl (C=O) groups excluding carboxylic acids is 2. The van der Waals surface area contributed by atoms with Crippen LogP contribution in [0.4, 0.5) is 5.69 Å². The number of halogens is 1. The first-order valence-electron chi connectivity index (χ1n) is 10.0. The largest absolute Gasteiger partial charge is 0.507 e. The third-order valence-electron chi connectivity index (χ3n) is 4.60.